The number of aromatic nitrogens is 2. The number of amides is 2. The van der Waals surface area contributed by atoms with Gasteiger partial charge in [-0.1, -0.05) is 35.6 Å². The summed E-state index contributed by atoms with van der Waals surface area (Å²) in [5, 5.41) is 14.8. The fourth-order valence-corrected chi connectivity index (χ4v) is 5.17. The Hall–Kier alpha value is -2.94. The van der Waals surface area contributed by atoms with Crippen LogP contribution in [0.4, 0.5) is 15.3 Å². The maximum absolute atomic E-state index is 12.9. The molecular formula is C28H44BrN5O7Si. The van der Waals surface area contributed by atoms with Crippen molar-refractivity contribution in [2.45, 2.75) is 71.3 Å². The minimum Gasteiger partial charge on any atom is -0.480 e. The average molecular weight is 671 g/mol. The minimum atomic E-state index is -1.31. The molecule has 42 heavy (non-hydrogen) atoms. The first-order valence-electron chi connectivity index (χ1n) is 13.7. The second-order valence-corrected chi connectivity index (χ2v) is 18.7. The molecule has 14 heteroatoms. The Kier molecular flexibility index (Phi) is 13.0. The first-order valence-corrected chi connectivity index (χ1v) is 18.2. The van der Waals surface area contributed by atoms with Gasteiger partial charge in [-0.05, 0) is 58.5 Å². The highest BCUT2D eigenvalue weighted by molar-refractivity contribution is 9.10. The molecule has 0 fully saturated rings. The number of nitrogens with one attached hydrogen (secondary N) is 2. The van der Waals surface area contributed by atoms with E-state index in [2.05, 4.69) is 50.9 Å². The van der Waals surface area contributed by atoms with Crippen molar-refractivity contribution in [1.82, 2.24) is 19.8 Å². The number of hydrogen-bond acceptors (Lipinski definition) is 8. The van der Waals surface area contributed by atoms with E-state index in [1.807, 2.05) is 16.8 Å². The van der Waals surface area contributed by atoms with Gasteiger partial charge in [0.25, 0.3) is 0 Å². The molecule has 2 rings (SSSR count). The third-order valence-electron chi connectivity index (χ3n) is 5.92. The number of carbonyl (C=O) groups is 3. The van der Waals surface area contributed by atoms with Crippen LogP contribution >= 0.6 is 15.9 Å². The van der Waals surface area contributed by atoms with Crippen LogP contribution in [-0.4, -0.2) is 85.2 Å². The molecule has 1 aromatic heterocycles. The van der Waals surface area contributed by atoms with E-state index >= 15 is 0 Å². The largest absolute Gasteiger partial charge is 0.480 e. The number of methoxy groups -OCH3 is 1. The summed E-state index contributed by atoms with van der Waals surface area (Å²) in [4.78, 5) is 42.3. The fourth-order valence-electron chi connectivity index (χ4n) is 3.83. The molecule has 1 atom stereocenters. The molecule has 234 valence electrons. The molecule has 0 aliphatic heterocycles. The van der Waals surface area contributed by atoms with Crippen LogP contribution in [-0.2, 0) is 25.7 Å². The van der Waals surface area contributed by atoms with Crippen molar-refractivity contribution in [3.8, 4) is 11.3 Å². The summed E-state index contributed by atoms with van der Waals surface area (Å²) < 4.78 is 18.8. The van der Waals surface area contributed by atoms with Crippen molar-refractivity contribution in [2.75, 3.05) is 39.2 Å². The normalized spacial score (nSPS) is 12.6. The maximum atomic E-state index is 12.9. The summed E-state index contributed by atoms with van der Waals surface area (Å²) in [6.07, 6.45) is 1.03. The van der Waals surface area contributed by atoms with E-state index in [9.17, 15) is 19.5 Å². The van der Waals surface area contributed by atoms with Crippen LogP contribution in [0.15, 0.2) is 28.9 Å². The maximum Gasteiger partial charge on any atom is 0.411 e. The van der Waals surface area contributed by atoms with Crippen LogP contribution in [0.5, 0.6) is 0 Å². The van der Waals surface area contributed by atoms with Gasteiger partial charge in [-0.15, -0.1) is 0 Å². The summed E-state index contributed by atoms with van der Waals surface area (Å²) >= 11 is 3.58. The number of anilines is 1. The van der Waals surface area contributed by atoms with Gasteiger partial charge in [-0.3, -0.25) is 15.0 Å². The van der Waals surface area contributed by atoms with Crippen LogP contribution in [0, 0.1) is 0 Å². The van der Waals surface area contributed by atoms with Gasteiger partial charge in [-0.2, -0.15) is 0 Å². The number of nitrogens with zero attached hydrogens (tertiary/aromatic N) is 3. The number of alkyl carbamates (subject to hydrolysis) is 1. The molecule has 0 bridgehead atoms. The number of halogens is 1. The first-order chi connectivity index (χ1) is 19.5. The third-order valence-corrected chi connectivity index (χ3v) is 8.28. The smallest absolute Gasteiger partial charge is 0.411 e. The second kappa shape index (κ2) is 15.5. The van der Waals surface area contributed by atoms with Crippen LogP contribution in [0.25, 0.3) is 11.3 Å². The molecule has 0 saturated heterocycles. The average Bonchev–Trinajstić information content (AvgIpc) is 3.26. The van der Waals surface area contributed by atoms with Gasteiger partial charge in [0, 0.05) is 43.1 Å². The number of carbonyl (C=O) groups excluding carboxylic acids is 2. The van der Waals surface area contributed by atoms with Gasteiger partial charge in [-0.25, -0.2) is 14.6 Å². The summed E-state index contributed by atoms with van der Waals surface area (Å²) in [6.45, 7) is 13.2. The van der Waals surface area contributed by atoms with Crippen LogP contribution in [0.1, 0.15) is 39.1 Å². The van der Waals surface area contributed by atoms with Gasteiger partial charge in [0.05, 0.1) is 25.4 Å². The van der Waals surface area contributed by atoms with E-state index in [-0.39, 0.29) is 13.3 Å². The molecule has 0 spiro atoms. The van der Waals surface area contributed by atoms with E-state index in [0.717, 1.165) is 11.6 Å². The van der Waals surface area contributed by atoms with Crippen LogP contribution in [0.2, 0.25) is 25.7 Å². The number of carboxylic acid groups (broad SMARTS) is 1. The SMILES string of the molecule is COC(=O)Nc1ccc(-c2cn(COCC[Si](C)(C)C)c([C@H](CCN(C)CC(=O)O)NC(=O)OC(C)(C)C)n2)c(Br)c1. The zero-order valence-electron chi connectivity index (χ0n) is 25.7. The number of rotatable bonds is 14. The lowest BCUT2D eigenvalue weighted by atomic mass is 10.1. The number of hydrogen-bond donors (Lipinski definition) is 3. The fraction of sp³-hybridized carbons (Fsp3) is 0.571. The monoisotopic (exact) mass is 669 g/mol. The Morgan fingerprint density at radius 1 is 1.19 bits per heavy atom. The summed E-state index contributed by atoms with van der Waals surface area (Å²) in [6, 6.07) is 5.67. The van der Waals surface area contributed by atoms with Crippen LogP contribution in [0.3, 0.4) is 0 Å². The quantitative estimate of drug-likeness (QED) is 0.168. The molecule has 12 nitrogen and oxygen atoms in total. The van der Waals surface area contributed by atoms with E-state index in [0.29, 0.717) is 41.3 Å². The van der Waals surface area contributed by atoms with Crippen molar-refractivity contribution >= 4 is 47.8 Å². The molecule has 1 heterocycles. The Bertz CT molecular complexity index is 1230. The number of aliphatic carboxylic acids is 1. The van der Waals surface area contributed by atoms with Gasteiger partial charge in [0.15, 0.2) is 0 Å². The Morgan fingerprint density at radius 3 is 2.45 bits per heavy atom. The Balaban J connectivity index is 2.47. The Labute approximate surface area is 257 Å². The zero-order valence-corrected chi connectivity index (χ0v) is 28.3. The predicted molar refractivity (Wildman–Crippen MR) is 167 cm³/mol. The standard InChI is InChI=1S/C28H44BrN5O7Si/c1-28(2,3)41-27(38)32-22(11-12-33(4)17-24(35)36)25-31-23(16-34(25)18-40-13-14-42(6,7)8)20-10-9-19(15-21(20)29)30-26(37)39-5/h9-10,15-16,22H,11-14,17-18H2,1-8H3,(H,30,37)(H,32,38)(H,35,36)/t22-/m0/s1. The summed E-state index contributed by atoms with van der Waals surface area (Å²) in [5.74, 6) is -0.403. The van der Waals surface area contributed by atoms with Crippen molar-refractivity contribution < 1.29 is 33.7 Å². The van der Waals surface area contributed by atoms with E-state index in [1.54, 1.807) is 44.9 Å². The highest BCUT2D eigenvalue weighted by atomic mass is 79.9. The second-order valence-electron chi connectivity index (χ2n) is 12.2. The molecule has 3 N–H and O–H groups in total. The highest BCUT2D eigenvalue weighted by Gasteiger charge is 2.26. The molecule has 1 aromatic carbocycles. The van der Waals surface area contributed by atoms with E-state index < -0.39 is 37.9 Å². The van der Waals surface area contributed by atoms with Gasteiger partial charge >= 0.3 is 18.2 Å². The molecule has 0 saturated carbocycles. The van der Waals surface area contributed by atoms with Crippen molar-refractivity contribution in [3.05, 3.63) is 34.7 Å². The number of likely N-dealkylation sites (N-methyl/N-ethyl adjacent to an activating group) is 1. The Morgan fingerprint density at radius 2 is 1.88 bits per heavy atom. The summed E-state index contributed by atoms with van der Waals surface area (Å²) in [7, 11) is 1.69. The van der Waals surface area contributed by atoms with Gasteiger partial charge in [0.2, 0.25) is 0 Å². The lowest BCUT2D eigenvalue weighted by Crippen LogP contribution is -2.38. The molecule has 0 unspecified atom stereocenters. The lowest BCUT2D eigenvalue weighted by Gasteiger charge is -2.25. The van der Waals surface area contributed by atoms with Gasteiger partial charge < -0.3 is 29.2 Å². The molecule has 0 aliphatic rings. The first kappa shape index (κ1) is 35.3. The van der Waals surface area contributed by atoms with E-state index in [1.165, 1.54) is 7.11 Å². The lowest BCUT2D eigenvalue weighted by molar-refractivity contribution is -0.138. The number of ether oxygens (including phenoxy) is 3. The van der Waals surface area contributed by atoms with Gasteiger partial charge in [0.1, 0.15) is 18.2 Å². The van der Waals surface area contributed by atoms with Crippen molar-refractivity contribution in [2.24, 2.45) is 0 Å². The third kappa shape index (κ3) is 12.5. The summed E-state index contributed by atoms with van der Waals surface area (Å²) in [5.41, 5.74) is 1.20. The van der Waals surface area contributed by atoms with E-state index in [4.69, 9.17) is 14.5 Å². The number of carboxylic acids is 1. The number of benzene rings is 1. The number of imidazole rings is 1. The topological polar surface area (TPSA) is 144 Å². The molecular weight excluding hydrogens is 626 g/mol. The predicted octanol–water partition coefficient (Wildman–Crippen LogP) is 5.78. The molecule has 0 aliphatic carbocycles. The molecule has 0 radical (unpaired) electrons. The highest BCUT2D eigenvalue weighted by Crippen LogP contribution is 2.32. The minimum absolute atomic E-state index is 0.141. The van der Waals surface area contributed by atoms with Crippen molar-refractivity contribution in [1.29, 1.82) is 0 Å². The van der Waals surface area contributed by atoms with Crippen molar-refractivity contribution in [3.63, 3.8) is 0 Å². The zero-order chi connectivity index (χ0) is 31.7. The van der Waals surface area contributed by atoms with Crippen LogP contribution < -0.4 is 10.6 Å². The molecule has 2 amide bonds. The molecule has 2 aromatic rings.